The molecule has 2 rings (SSSR count). The van der Waals surface area contributed by atoms with Gasteiger partial charge in [-0.3, -0.25) is 0 Å². The summed E-state index contributed by atoms with van der Waals surface area (Å²) in [6, 6.07) is 0. The molecule has 252 valence electrons. The van der Waals surface area contributed by atoms with Gasteiger partial charge in [0.2, 0.25) is 0 Å². The smallest absolute Gasteiger partial charge is 0.381 e. The van der Waals surface area contributed by atoms with Crippen LogP contribution < -0.4 is 0 Å². The molecule has 2 aliphatic heterocycles. The van der Waals surface area contributed by atoms with E-state index in [1.54, 1.807) is 7.11 Å². The molecule has 2 aliphatic rings. The Labute approximate surface area is 273 Å². The largest absolute Gasteiger partial charge is 0.472 e. The third kappa shape index (κ3) is 14.8. The molecule has 0 aliphatic carbocycles. The molecule has 0 saturated carbocycles. The number of methoxy groups -OCH3 is 1. The number of carboxylic acids is 1. The maximum absolute atomic E-state index is 10.9. The number of aliphatic carboxylic acids is 1. The normalized spacial score (nSPS) is 23.7. The average molecular weight is 643 g/mol. The number of rotatable bonds is 16. The monoisotopic (exact) mass is 642 g/mol. The number of aliphatic hydroxyl groups excluding tert-OH is 1. The molecule has 45 heavy (non-hydrogen) atoms. The van der Waals surface area contributed by atoms with E-state index in [-0.39, 0.29) is 29.5 Å². The fourth-order valence-electron chi connectivity index (χ4n) is 5.32. The lowest BCUT2D eigenvalue weighted by Crippen LogP contribution is -2.43. The highest BCUT2D eigenvalue weighted by molar-refractivity contribution is 6.74. The SMILES string of the molecule is C=C(CC(C=CC[C@H](O)C(C=C[C@@H]1CC(C)=CCO1)OC)O[Si](C)(C)C(C)(C)C)C[C@H](C)C[C@@H]1CC=C[C@@H](CC#CC(=O)O)O1. The minimum Gasteiger partial charge on any atom is -0.472 e. The molecule has 0 aromatic rings. The van der Waals surface area contributed by atoms with Crippen molar-refractivity contribution in [3.05, 3.63) is 60.3 Å². The lowest BCUT2D eigenvalue weighted by Gasteiger charge is -2.39. The second-order valence-electron chi connectivity index (χ2n) is 14.1. The van der Waals surface area contributed by atoms with E-state index in [0.29, 0.717) is 31.8 Å². The molecule has 0 spiro atoms. The first-order valence-corrected chi connectivity index (χ1v) is 19.2. The van der Waals surface area contributed by atoms with E-state index < -0.39 is 26.5 Å². The molecule has 2 N–H and O–H groups in total. The van der Waals surface area contributed by atoms with Crippen LogP contribution >= 0.6 is 0 Å². The van der Waals surface area contributed by atoms with Gasteiger partial charge in [0.1, 0.15) is 6.10 Å². The minimum absolute atomic E-state index is 0.00635. The second kappa shape index (κ2) is 18.8. The van der Waals surface area contributed by atoms with Gasteiger partial charge in [-0.05, 0) is 69.5 Å². The molecule has 0 aromatic carbocycles. The number of ether oxygens (including phenoxy) is 3. The number of hydrogen-bond donors (Lipinski definition) is 2. The van der Waals surface area contributed by atoms with Crippen LogP contribution in [0.25, 0.3) is 0 Å². The molecule has 2 unspecified atom stereocenters. The van der Waals surface area contributed by atoms with Crippen molar-refractivity contribution in [2.45, 2.75) is 134 Å². The van der Waals surface area contributed by atoms with Crippen LogP contribution in [-0.2, 0) is 23.4 Å². The summed E-state index contributed by atoms with van der Waals surface area (Å²) in [4.78, 5) is 10.7. The van der Waals surface area contributed by atoms with E-state index in [1.165, 1.54) is 5.57 Å². The Morgan fingerprint density at radius 1 is 1.27 bits per heavy atom. The van der Waals surface area contributed by atoms with Crippen molar-refractivity contribution in [3.8, 4) is 11.8 Å². The van der Waals surface area contributed by atoms with Gasteiger partial charge in [0.05, 0.1) is 37.1 Å². The van der Waals surface area contributed by atoms with Gasteiger partial charge in [-0.15, -0.1) is 0 Å². The molecule has 0 bridgehead atoms. The molecule has 2 heterocycles. The van der Waals surface area contributed by atoms with Crippen molar-refractivity contribution in [3.63, 3.8) is 0 Å². The molecule has 0 fully saturated rings. The van der Waals surface area contributed by atoms with Gasteiger partial charge in [-0.25, -0.2) is 4.79 Å². The molecule has 0 amide bonds. The highest BCUT2D eigenvalue weighted by Gasteiger charge is 2.39. The van der Waals surface area contributed by atoms with Crippen molar-refractivity contribution in [2.75, 3.05) is 13.7 Å². The van der Waals surface area contributed by atoms with Gasteiger partial charge in [0, 0.05) is 19.5 Å². The quantitative estimate of drug-likeness (QED) is 0.102. The Kier molecular flexibility index (Phi) is 16.2. The lowest BCUT2D eigenvalue weighted by molar-refractivity contribution is -0.130. The summed E-state index contributed by atoms with van der Waals surface area (Å²) in [5.41, 5.74) is 2.44. The van der Waals surface area contributed by atoms with Crippen molar-refractivity contribution in [1.82, 2.24) is 0 Å². The van der Waals surface area contributed by atoms with Crippen LogP contribution in [-0.4, -0.2) is 74.8 Å². The number of aliphatic hydroxyl groups is 1. The maximum atomic E-state index is 10.9. The van der Waals surface area contributed by atoms with Gasteiger partial charge >= 0.3 is 5.97 Å². The zero-order valence-corrected chi connectivity index (χ0v) is 29.9. The van der Waals surface area contributed by atoms with Gasteiger partial charge in [-0.2, -0.15) is 0 Å². The first-order chi connectivity index (χ1) is 21.1. The molecule has 7 atom stereocenters. The molecule has 0 saturated heterocycles. The summed E-state index contributed by atoms with van der Waals surface area (Å²) in [5, 5.41) is 19.8. The third-order valence-electron chi connectivity index (χ3n) is 8.82. The van der Waals surface area contributed by atoms with Crippen LogP contribution in [0.4, 0.5) is 0 Å². The van der Waals surface area contributed by atoms with E-state index in [9.17, 15) is 9.90 Å². The number of hydrogen-bond acceptors (Lipinski definition) is 6. The lowest BCUT2D eigenvalue weighted by atomic mass is 9.91. The van der Waals surface area contributed by atoms with Crippen molar-refractivity contribution < 1.29 is 33.6 Å². The van der Waals surface area contributed by atoms with Crippen LogP contribution in [0.2, 0.25) is 18.1 Å². The highest BCUT2D eigenvalue weighted by Crippen LogP contribution is 2.38. The van der Waals surface area contributed by atoms with Crippen LogP contribution in [0.3, 0.4) is 0 Å². The van der Waals surface area contributed by atoms with Crippen molar-refractivity contribution >= 4 is 14.3 Å². The molecular formula is C37H58O7Si. The summed E-state index contributed by atoms with van der Waals surface area (Å²) >= 11 is 0. The topological polar surface area (TPSA) is 94.5 Å². The second-order valence-corrected chi connectivity index (χ2v) is 18.9. The molecule has 0 radical (unpaired) electrons. The Hall–Kier alpha value is -2.25. The minimum atomic E-state index is -2.06. The summed E-state index contributed by atoms with van der Waals surface area (Å²) in [6.07, 6.45) is 17.8. The zero-order chi connectivity index (χ0) is 33.6. The van der Waals surface area contributed by atoms with E-state index in [4.69, 9.17) is 23.7 Å². The summed E-state index contributed by atoms with van der Waals surface area (Å²) in [6.45, 7) is 20.6. The van der Waals surface area contributed by atoms with Gasteiger partial charge in [0.15, 0.2) is 8.32 Å². The zero-order valence-electron chi connectivity index (χ0n) is 28.9. The van der Waals surface area contributed by atoms with Crippen LogP contribution in [0.5, 0.6) is 0 Å². The summed E-state index contributed by atoms with van der Waals surface area (Å²) in [5.74, 6) is 4.08. The molecule has 0 aromatic heterocycles. The average Bonchev–Trinajstić information content (AvgIpc) is 2.92. The molecular weight excluding hydrogens is 584 g/mol. The number of carbonyl (C=O) groups is 1. The first-order valence-electron chi connectivity index (χ1n) is 16.3. The van der Waals surface area contributed by atoms with Gasteiger partial charge < -0.3 is 28.8 Å². The van der Waals surface area contributed by atoms with E-state index in [2.05, 4.69) is 84.4 Å². The van der Waals surface area contributed by atoms with E-state index in [0.717, 1.165) is 31.3 Å². The van der Waals surface area contributed by atoms with Gasteiger partial charge in [-0.1, -0.05) is 93.9 Å². The number of carboxylic acid groups (broad SMARTS) is 1. The Morgan fingerprint density at radius 3 is 2.64 bits per heavy atom. The van der Waals surface area contributed by atoms with Crippen LogP contribution in [0.15, 0.2) is 60.3 Å². The van der Waals surface area contributed by atoms with Crippen molar-refractivity contribution in [2.24, 2.45) is 5.92 Å². The van der Waals surface area contributed by atoms with E-state index >= 15 is 0 Å². The Morgan fingerprint density at radius 2 is 2.00 bits per heavy atom. The summed E-state index contributed by atoms with van der Waals surface area (Å²) < 4.78 is 24.4. The standard InChI is InChI=1S/C37H58O7Si/c1-27-21-22-42-31(24-27)19-20-35(41-7)34(38)17-11-16-33(44-45(8,9)37(4,5)6)26-29(3)23-28(2)25-32-15-10-13-30(43-32)14-12-18-36(39)40/h10-11,13,16,19-21,28,30-35,38H,3,14-15,17,22-26H2,1-2,4-9H3,(H,39,40)/t28-,30-,31+,32-,33?,34-,35?/m0/s1. The fraction of sp³-hybridized carbons (Fsp3) is 0.649. The van der Waals surface area contributed by atoms with E-state index in [1.807, 2.05) is 24.3 Å². The van der Waals surface area contributed by atoms with Gasteiger partial charge in [0.25, 0.3) is 0 Å². The van der Waals surface area contributed by atoms with Crippen LogP contribution in [0.1, 0.15) is 79.6 Å². The Balaban J connectivity index is 1.98. The molecule has 7 nitrogen and oxygen atoms in total. The summed E-state index contributed by atoms with van der Waals surface area (Å²) in [7, 11) is -0.447. The predicted molar refractivity (Wildman–Crippen MR) is 184 cm³/mol. The predicted octanol–water partition coefficient (Wildman–Crippen LogP) is 7.54. The molecule has 8 heteroatoms. The first kappa shape index (κ1) is 38.9. The third-order valence-corrected chi connectivity index (χ3v) is 13.3. The van der Waals surface area contributed by atoms with Crippen molar-refractivity contribution in [1.29, 1.82) is 0 Å². The Bertz CT molecular complexity index is 1130. The van der Waals surface area contributed by atoms with Crippen LogP contribution in [0, 0.1) is 17.8 Å². The highest BCUT2D eigenvalue weighted by atomic mass is 28.4. The fourth-order valence-corrected chi connectivity index (χ4v) is 6.59. The maximum Gasteiger partial charge on any atom is 0.381 e.